The fraction of sp³-hybridized carbons (Fsp3) is 0.143. The Labute approximate surface area is 180 Å². The SMILES string of the molecule is Cn1c(=O)ccn(-c2ccc(-n3cnc(CCC(=O)c4ccc(Cl)s4)c3)cc2)c1=O. The minimum absolute atomic E-state index is 0.0495. The number of imidazole rings is 1. The van der Waals surface area contributed by atoms with E-state index < -0.39 is 5.69 Å². The molecule has 4 aromatic rings. The molecule has 0 aliphatic carbocycles. The van der Waals surface area contributed by atoms with Gasteiger partial charge in [-0.15, -0.1) is 11.3 Å². The summed E-state index contributed by atoms with van der Waals surface area (Å²) in [7, 11) is 1.44. The van der Waals surface area contributed by atoms with Crippen molar-refractivity contribution in [3.05, 3.63) is 96.9 Å². The number of carbonyl (C=O) groups is 1. The number of rotatable bonds is 6. The van der Waals surface area contributed by atoms with Gasteiger partial charge in [-0.1, -0.05) is 11.6 Å². The molecule has 0 atom stereocenters. The number of nitrogens with zero attached hydrogens (tertiary/aromatic N) is 4. The second-order valence-corrected chi connectivity index (χ2v) is 8.40. The van der Waals surface area contributed by atoms with Gasteiger partial charge in [-0.2, -0.15) is 0 Å². The average Bonchev–Trinajstić information content (AvgIpc) is 3.40. The lowest BCUT2D eigenvalue weighted by Gasteiger charge is -2.08. The number of hydrogen-bond donors (Lipinski definition) is 0. The van der Waals surface area contributed by atoms with Crippen LogP contribution in [-0.4, -0.2) is 24.5 Å². The lowest BCUT2D eigenvalue weighted by Crippen LogP contribution is -2.36. The maximum absolute atomic E-state index is 12.3. The Morgan fingerprint density at radius 1 is 1.07 bits per heavy atom. The molecule has 9 heteroatoms. The van der Waals surface area contributed by atoms with Crippen molar-refractivity contribution >= 4 is 28.7 Å². The Morgan fingerprint density at radius 3 is 2.50 bits per heavy atom. The molecule has 0 saturated carbocycles. The van der Waals surface area contributed by atoms with Crippen LogP contribution in [0.1, 0.15) is 21.8 Å². The third-order valence-corrected chi connectivity index (χ3v) is 5.98. The van der Waals surface area contributed by atoms with Gasteiger partial charge in [0.2, 0.25) is 0 Å². The zero-order valence-electron chi connectivity index (χ0n) is 16.0. The van der Waals surface area contributed by atoms with Gasteiger partial charge in [-0.25, -0.2) is 9.78 Å². The molecular formula is C21H17ClN4O3S. The average molecular weight is 441 g/mol. The summed E-state index contributed by atoms with van der Waals surface area (Å²) < 4.78 is 4.93. The second-order valence-electron chi connectivity index (χ2n) is 6.68. The van der Waals surface area contributed by atoms with Crippen LogP contribution in [0.4, 0.5) is 0 Å². The van der Waals surface area contributed by atoms with Crippen LogP contribution in [0.3, 0.4) is 0 Å². The highest BCUT2D eigenvalue weighted by atomic mass is 35.5. The minimum atomic E-state index is -0.406. The summed E-state index contributed by atoms with van der Waals surface area (Å²) >= 11 is 7.17. The first-order chi connectivity index (χ1) is 14.4. The van der Waals surface area contributed by atoms with Crippen molar-refractivity contribution in [3.8, 4) is 11.4 Å². The van der Waals surface area contributed by atoms with Gasteiger partial charge in [-0.3, -0.25) is 18.7 Å². The van der Waals surface area contributed by atoms with Gasteiger partial charge in [0.25, 0.3) is 5.56 Å². The van der Waals surface area contributed by atoms with Crippen LogP contribution in [0.2, 0.25) is 4.34 Å². The molecule has 3 aromatic heterocycles. The molecular weight excluding hydrogens is 424 g/mol. The van der Waals surface area contributed by atoms with E-state index in [4.69, 9.17) is 11.6 Å². The third kappa shape index (κ3) is 4.05. The number of ketones is 1. The second kappa shape index (κ2) is 8.25. The van der Waals surface area contributed by atoms with Crippen molar-refractivity contribution in [1.29, 1.82) is 0 Å². The van der Waals surface area contributed by atoms with Gasteiger partial charge in [0.05, 0.1) is 26.9 Å². The zero-order valence-corrected chi connectivity index (χ0v) is 17.6. The molecule has 152 valence electrons. The highest BCUT2D eigenvalue weighted by molar-refractivity contribution is 7.18. The first kappa shape index (κ1) is 20.1. The fourth-order valence-electron chi connectivity index (χ4n) is 3.01. The molecule has 4 rings (SSSR count). The van der Waals surface area contributed by atoms with Gasteiger partial charge >= 0.3 is 5.69 Å². The van der Waals surface area contributed by atoms with Gasteiger partial charge < -0.3 is 4.57 Å². The maximum Gasteiger partial charge on any atom is 0.335 e. The van der Waals surface area contributed by atoms with E-state index in [1.165, 1.54) is 35.2 Å². The predicted molar refractivity (Wildman–Crippen MR) is 116 cm³/mol. The molecule has 0 amide bonds. The molecule has 30 heavy (non-hydrogen) atoms. The molecule has 0 radical (unpaired) electrons. The van der Waals surface area contributed by atoms with Gasteiger partial charge in [0.1, 0.15) is 0 Å². The van der Waals surface area contributed by atoms with E-state index in [1.807, 2.05) is 22.9 Å². The Balaban J connectivity index is 1.47. The molecule has 0 aliphatic heterocycles. The van der Waals surface area contributed by atoms with Crippen LogP contribution in [0, 0.1) is 0 Å². The Kier molecular flexibility index (Phi) is 5.52. The highest BCUT2D eigenvalue weighted by Gasteiger charge is 2.11. The molecule has 0 fully saturated rings. The molecule has 7 nitrogen and oxygen atoms in total. The number of carbonyl (C=O) groups excluding carboxylic acids is 1. The highest BCUT2D eigenvalue weighted by Crippen LogP contribution is 2.23. The van der Waals surface area contributed by atoms with Crippen molar-refractivity contribution in [2.24, 2.45) is 7.05 Å². The van der Waals surface area contributed by atoms with Crippen LogP contribution in [0.15, 0.2) is 70.8 Å². The van der Waals surface area contributed by atoms with Crippen molar-refractivity contribution in [3.63, 3.8) is 0 Å². The normalized spacial score (nSPS) is 11.0. The first-order valence-electron chi connectivity index (χ1n) is 9.13. The zero-order chi connectivity index (χ0) is 21.3. The number of Topliss-reactive ketones (excluding diaryl/α,β-unsaturated/α-hetero) is 1. The minimum Gasteiger partial charge on any atom is -0.306 e. The van der Waals surface area contributed by atoms with Crippen molar-refractivity contribution in [2.45, 2.75) is 12.8 Å². The summed E-state index contributed by atoms with van der Waals surface area (Å²) in [6, 6.07) is 12.1. The number of aromatic nitrogens is 4. The number of aryl methyl sites for hydroxylation is 1. The van der Waals surface area contributed by atoms with E-state index in [0.717, 1.165) is 15.9 Å². The van der Waals surface area contributed by atoms with E-state index >= 15 is 0 Å². The first-order valence-corrected chi connectivity index (χ1v) is 10.3. The molecule has 0 bridgehead atoms. The summed E-state index contributed by atoms with van der Waals surface area (Å²) in [4.78, 5) is 41.1. The van der Waals surface area contributed by atoms with Crippen LogP contribution in [0.25, 0.3) is 11.4 Å². The largest absolute Gasteiger partial charge is 0.335 e. The van der Waals surface area contributed by atoms with E-state index in [0.29, 0.717) is 27.7 Å². The standard InChI is InChI=1S/C21H17ClN4O3S/c1-24-20(28)10-11-26(21(24)29)16-5-3-15(4-6-16)25-12-14(23-13-25)2-7-17(27)18-8-9-19(22)30-18/h3-6,8-13H,2,7H2,1H3. The monoisotopic (exact) mass is 440 g/mol. The van der Waals surface area contributed by atoms with Crippen LogP contribution in [-0.2, 0) is 13.5 Å². The van der Waals surface area contributed by atoms with E-state index in [-0.39, 0.29) is 11.3 Å². The lowest BCUT2D eigenvalue weighted by atomic mass is 10.1. The van der Waals surface area contributed by atoms with Crippen LogP contribution in [0.5, 0.6) is 0 Å². The smallest absolute Gasteiger partial charge is 0.306 e. The van der Waals surface area contributed by atoms with Crippen LogP contribution >= 0.6 is 22.9 Å². The molecule has 0 N–H and O–H groups in total. The van der Waals surface area contributed by atoms with Crippen molar-refractivity contribution in [2.75, 3.05) is 0 Å². The molecule has 0 aliphatic rings. The Morgan fingerprint density at radius 2 is 1.80 bits per heavy atom. The lowest BCUT2D eigenvalue weighted by molar-refractivity contribution is 0.0986. The number of hydrogen-bond acceptors (Lipinski definition) is 5. The third-order valence-electron chi connectivity index (χ3n) is 4.71. The van der Waals surface area contributed by atoms with Crippen molar-refractivity contribution < 1.29 is 4.79 Å². The Hall–Kier alpha value is -3.23. The molecule has 3 heterocycles. The molecule has 0 unspecified atom stereocenters. The predicted octanol–water partition coefficient (Wildman–Crippen LogP) is 3.25. The van der Waals surface area contributed by atoms with Crippen LogP contribution < -0.4 is 11.2 Å². The van der Waals surface area contributed by atoms with E-state index in [2.05, 4.69) is 4.98 Å². The molecule has 0 spiro atoms. The van der Waals surface area contributed by atoms with Gasteiger partial charge in [0.15, 0.2) is 5.78 Å². The van der Waals surface area contributed by atoms with Crippen molar-refractivity contribution in [1.82, 2.24) is 18.7 Å². The topological polar surface area (TPSA) is 78.9 Å². The summed E-state index contributed by atoms with van der Waals surface area (Å²) in [5.41, 5.74) is 1.58. The summed E-state index contributed by atoms with van der Waals surface area (Å²) in [6.07, 6.45) is 5.93. The summed E-state index contributed by atoms with van der Waals surface area (Å²) in [5, 5.41) is 0. The summed E-state index contributed by atoms with van der Waals surface area (Å²) in [6.45, 7) is 0. The number of thiophene rings is 1. The van der Waals surface area contributed by atoms with E-state index in [1.54, 1.807) is 30.6 Å². The quantitative estimate of drug-likeness (QED) is 0.431. The van der Waals surface area contributed by atoms with Gasteiger partial charge in [-0.05, 0) is 42.8 Å². The summed E-state index contributed by atoms with van der Waals surface area (Å²) in [5.74, 6) is 0.0495. The molecule has 0 saturated heterocycles. The number of benzene rings is 1. The maximum atomic E-state index is 12.3. The fourth-order valence-corrected chi connectivity index (χ4v) is 4.02. The number of halogens is 1. The molecule has 1 aromatic carbocycles. The van der Waals surface area contributed by atoms with Gasteiger partial charge in [0, 0.05) is 37.6 Å². The van der Waals surface area contributed by atoms with E-state index in [9.17, 15) is 14.4 Å². The Bertz CT molecular complexity index is 1330.